The van der Waals surface area contributed by atoms with Crippen LogP contribution in [-0.4, -0.2) is 13.2 Å². The van der Waals surface area contributed by atoms with Gasteiger partial charge in [0, 0.05) is 5.56 Å². The number of hydrogen-bond donors (Lipinski definition) is 0. The third-order valence-electron chi connectivity index (χ3n) is 2.81. The van der Waals surface area contributed by atoms with Gasteiger partial charge in [-0.05, 0) is 23.8 Å². The van der Waals surface area contributed by atoms with Gasteiger partial charge in [-0.2, -0.15) is 4.99 Å². The number of isocyanates is 1. The predicted molar refractivity (Wildman–Crippen MR) is 67.0 cm³/mol. The van der Waals surface area contributed by atoms with E-state index >= 15 is 0 Å². The van der Waals surface area contributed by atoms with Crippen molar-refractivity contribution in [1.82, 2.24) is 0 Å². The molecule has 0 spiro atoms. The lowest BCUT2D eigenvalue weighted by Crippen LogP contribution is -1.96. The second kappa shape index (κ2) is 4.81. The predicted octanol–water partition coefficient (Wildman–Crippen LogP) is 3.25. The summed E-state index contributed by atoms with van der Waals surface area (Å²) >= 11 is 0. The number of carbonyl (C=O) groups excluding carboxylic acids is 1. The van der Waals surface area contributed by atoms with E-state index in [1.165, 1.54) is 0 Å². The molecule has 17 heavy (non-hydrogen) atoms. The molecule has 2 rings (SSSR count). The van der Waals surface area contributed by atoms with Gasteiger partial charge in [0.05, 0.1) is 13.2 Å². The first-order chi connectivity index (χ1) is 8.27. The third-order valence-corrected chi connectivity index (χ3v) is 2.81. The van der Waals surface area contributed by atoms with Crippen LogP contribution in [0.5, 0.6) is 5.75 Å². The first kappa shape index (κ1) is 11.4. The number of aliphatic imine (C=N–C) groups is 1. The van der Waals surface area contributed by atoms with Gasteiger partial charge in [0.2, 0.25) is 6.08 Å². The minimum absolute atomic E-state index is 0.256. The van der Waals surface area contributed by atoms with Gasteiger partial charge in [-0.15, -0.1) is 0 Å². The summed E-state index contributed by atoms with van der Waals surface area (Å²) in [5, 5.41) is 2.16. The SMILES string of the molecule is COc1ccc2ccccc2c1C(C)N=C=O. The molecule has 0 bridgehead atoms. The summed E-state index contributed by atoms with van der Waals surface area (Å²) in [6, 6.07) is 11.6. The molecular formula is C14H13NO2. The molecule has 0 radical (unpaired) electrons. The van der Waals surface area contributed by atoms with E-state index in [2.05, 4.69) is 4.99 Å². The summed E-state index contributed by atoms with van der Waals surface area (Å²) in [5.74, 6) is 0.746. The van der Waals surface area contributed by atoms with Crippen molar-refractivity contribution in [2.24, 2.45) is 4.99 Å². The van der Waals surface area contributed by atoms with Crippen LogP contribution in [0.1, 0.15) is 18.5 Å². The molecule has 2 aromatic rings. The Balaban J connectivity index is 2.75. The molecule has 0 heterocycles. The zero-order valence-electron chi connectivity index (χ0n) is 9.81. The van der Waals surface area contributed by atoms with Crippen LogP contribution in [0.4, 0.5) is 0 Å². The third kappa shape index (κ3) is 2.05. The maximum Gasteiger partial charge on any atom is 0.235 e. The molecule has 2 aromatic carbocycles. The Kier molecular flexibility index (Phi) is 3.22. The van der Waals surface area contributed by atoms with Gasteiger partial charge in [-0.25, -0.2) is 4.79 Å². The Bertz CT molecular complexity index is 586. The Hall–Kier alpha value is -2.12. The number of rotatable bonds is 3. The highest BCUT2D eigenvalue weighted by Crippen LogP contribution is 2.34. The molecule has 0 aliphatic heterocycles. The highest BCUT2D eigenvalue weighted by atomic mass is 16.5. The quantitative estimate of drug-likeness (QED) is 0.596. The maximum atomic E-state index is 10.4. The molecule has 0 fully saturated rings. The van der Waals surface area contributed by atoms with Gasteiger partial charge in [0.15, 0.2) is 0 Å². The fourth-order valence-electron chi connectivity index (χ4n) is 2.03. The molecule has 0 aromatic heterocycles. The Labute approximate surface area is 99.7 Å². The van der Waals surface area contributed by atoms with Crippen molar-refractivity contribution in [2.75, 3.05) is 7.11 Å². The average Bonchev–Trinajstić information content (AvgIpc) is 2.37. The van der Waals surface area contributed by atoms with Gasteiger partial charge < -0.3 is 4.74 Å². The first-order valence-electron chi connectivity index (χ1n) is 5.40. The number of benzene rings is 2. The van der Waals surface area contributed by atoms with Gasteiger partial charge in [0.25, 0.3) is 0 Å². The first-order valence-corrected chi connectivity index (χ1v) is 5.40. The molecule has 3 nitrogen and oxygen atoms in total. The number of ether oxygens (including phenoxy) is 1. The van der Waals surface area contributed by atoms with Crippen LogP contribution in [0.25, 0.3) is 10.8 Å². The summed E-state index contributed by atoms with van der Waals surface area (Å²) < 4.78 is 5.33. The highest BCUT2D eigenvalue weighted by Gasteiger charge is 2.14. The second-order valence-corrected chi connectivity index (χ2v) is 3.80. The lowest BCUT2D eigenvalue weighted by Gasteiger charge is -2.14. The van der Waals surface area contributed by atoms with Crippen molar-refractivity contribution < 1.29 is 9.53 Å². The van der Waals surface area contributed by atoms with E-state index in [-0.39, 0.29) is 6.04 Å². The summed E-state index contributed by atoms with van der Waals surface area (Å²) in [5.41, 5.74) is 0.925. The van der Waals surface area contributed by atoms with Crippen LogP contribution in [0.15, 0.2) is 41.4 Å². The Morgan fingerprint density at radius 1 is 1.24 bits per heavy atom. The molecule has 0 saturated heterocycles. The van der Waals surface area contributed by atoms with Crippen LogP contribution in [0.2, 0.25) is 0 Å². The number of fused-ring (bicyclic) bond motifs is 1. The van der Waals surface area contributed by atoms with E-state index < -0.39 is 0 Å². The minimum Gasteiger partial charge on any atom is -0.496 e. The van der Waals surface area contributed by atoms with Gasteiger partial charge in [-0.1, -0.05) is 30.3 Å². The lowest BCUT2D eigenvalue weighted by molar-refractivity contribution is 0.408. The maximum absolute atomic E-state index is 10.4. The molecule has 1 unspecified atom stereocenters. The molecule has 0 N–H and O–H groups in total. The van der Waals surface area contributed by atoms with Crippen molar-refractivity contribution in [3.05, 3.63) is 42.0 Å². The van der Waals surface area contributed by atoms with E-state index in [1.54, 1.807) is 13.2 Å². The van der Waals surface area contributed by atoms with Crippen LogP contribution < -0.4 is 4.74 Å². The summed E-state index contributed by atoms with van der Waals surface area (Å²) in [6.07, 6.45) is 1.60. The zero-order chi connectivity index (χ0) is 12.3. The molecule has 1 atom stereocenters. The van der Waals surface area contributed by atoms with Crippen molar-refractivity contribution in [3.63, 3.8) is 0 Å². The van der Waals surface area contributed by atoms with Gasteiger partial charge in [-0.3, -0.25) is 0 Å². The molecule has 0 amide bonds. The fraction of sp³-hybridized carbons (Fsp3) is 0.214. The summed E-state index contributed by atoms with van der Waals surface area (Å²) in [4.78, 5) is 14.2. The molecular weight excluding hydrogens is 214 g/mol. The monoisotopic (exact) mass is 227 g/mol. The van der Waals surface area contributed by atoms with Crippen molar-refractivity contribution in [3.8, 4) is 5.75 Å². The second-order valence-electron chi connectivity index (χ2n) is 3.80. The Morgan fingerprint density at radius 2 is 2.00 bits per heavy atom. The van der Waals surface area contributed by atoms with Gasteiger partial charge in [0.1, 0.15) is 5.75 Å². The lowest BCUT2D eigenvalue weighted by atomic mass is 9.99. The van der Waals surface area contributed by atoms with Gasteiger partial charge >= 0.3 is 0 Å². The Morgan fingerprint density at radius 3 is 2.71 bits per heavy atom. The van der Waals surface area contributed by atoms with E-state index in [1.807, 2.05) is 43.3 Å². The average molecular weight is 227 g/mol. The summed E-state index contributed by atoms with van der Waals surface area (Å²) in [7, 11) is 1.62. The molecule has 0 saturated carbocycles. The minimum atomic E-state index is -0.256. The number of hydrogen-bond acceptors (Lipinski definition) is 3. The molecule has 0 aliphatic rings. The van der Waals surface area contributed by atoms with Crippen molar-refractivity contribution in [1.29, 1.82) is 0 Å². The van der Waals surface area contributed by atoms with Crippen LogP contribution >= 0.6 is 0 Å². The van der Waals surface area contributed by atoms with Crippen LogP contribution in [-0.2, 0) is 4.79 Å². The van der Waals surface area contributed by atoms with E-state index in [0.717, 1.165) is 22.1 Å². The molecule has 0 aliphatic carbocycles. The molecule has 86 valence electrons. The van der Waals surface area contributed by atoms with E-state index in [9.17, 15) is 4.79 Å². The highest BCUT2D eigenvalue weighted by molar-refractivity contribution is 5.88. The number of nitrogens with zero attached hydrogens (tertiary/aromatic N) is 1. The van der Waals surface area contributed by atoms with Crippen LogP contribution in [0, 0.1) is 0 Å². The standard InChI is InChI=1S/C14H13NO2/c1-10(15-9-16)14-12-6-4-3-5-11(12)7-8-13(14)17-2/h3-8,10H,1-2H3. The fourth-order valence-corrected chi connectivity index (χ4v) is 2.03. The van der Waals surface area contributed by atoms with Crippen LogP contribution in [0.3, 0.4) is 0 Å². The normalized spacial score (nSPS) is 11.9. The summed E-state index contributed by atoms with van der Waals surface area (Å²) in [6.45, 7) is 1.86. The van der Waals surface area contributed by atoms with Crippen molar-refractivity contribution >= 4 is 16.9 Å². The van der Waals surface area contributed by atoms with E-state index in [4.69, 9.17) is 4.74 Å². The largest absolute Gasteiger partial charge is 0.496 e. The molecule has 3 heteroatoms. The topological polar surface area (TPSA) is 38.7 Å². The van der Waals surface area contributed by atoms with E-state index in [0.29, 0.717) is 0 Å². The smallest absolute Gasteiger partial charge is 0.235 e. The van der Waals surface area contributed by atoms with Crippen molar-refractivity contribution in [2.45, 2.75) is 13.0 Å². The zero-order valence-corrected chi connectivity index (χ0v) is 9.81. The number of methoxy groups -OCH3 is 1.